The number of nitrogens with zero attached hydrogens (tertiary/aromatic N) is 1. The van der Waals surface area contributed by atoms with Gasteiger partial charge in [-0.2, -0.15) is 0 Å². The maximum atomic E-state index is 14.1. The van der Waals surface area contributed by atoms with Crippen molar-refractivity contribution in [1.29, 1.82) is 0 Å². The SMILES string of the molecule is CCc1ccc2occ(C(=O)N3CCC(F)(C(=O)O)C3)c2c1. The Morgan fingerprint density at radius 3 is 2.86 bits per heavy atom. The van der Waals surface area contributed by atoms with E-state index in [9.17, 15) is 14.0 Å². The molecule has 1 aliphatic rings. The number of rotatable bonds is 3. The minimum absolute atomic E-state index is 0.0851. The first-order valence-electron chi connectivity index (χ1n) is 7.16. The summed E-state index contributed by atoms with van der Waals surface area (Å²) in [6.45, 7) is 1.66. The van der Waals surface area contributed by atoms with Gasteiger partial charge in [0.1, 0.15) is 11.8 Å². The molecule has 2 aromatic rings. The molecule has 6 heteroatoms. The zero-order chi connectivity index (χ0) is 15.9. The van der Waals surface area contributed by atoms with Crippen LogP contribution in [0.2, 0.25) is 0 Å². The molecular formula is C16H16FNO4. The van der Waals surface area contributed by atoms with Crippen molar-refractivity contribution in [2.45, 2.75) is 25.4 Å². The number of amides is 1. The van der Waals surface area contributed by atoms with Gasteiger partial charge in [0.05, 0.1) is 12.1 Å². The first-order valence-corrected chi connectivity index (χ1v) is 7.16. The Kier molecular flexibility index (Phi) is 3.39. The second kappa shape index (κ2) is 5.12. The van der Waals surface area contributed by atoms with Gasteiger partial charge in [-0.25, -0.2) is 9.18 Å². The Labute approximate surface area is 126 Å². The molecule has 0 aliphatic carbocycles. The van der Waals surface area contributed by atoms with E-state index in [0.717, 1.165) is 12.0 Å². The Morgan fingerprint density at radius 2 is 2.23 bits per heavy atom. The Hall–Kier alpha value is -2.37. The summed E-state index contributed by atoms with van der Waals surface area (Å²) in [5, 5.41) is 9.59. The quantitative estimate of drug-likeness (QED) is 0.946. The highest BCUT2D eigenvalue weighted by molar-refractivity contribution is 6.06. The number of fused-ring (bicyclic) bond motifs is 1. The summed E-state index contributed by atoms with van der Waals surface area (Å²) in [6.07, 6.45) is 1.99. The lowest BCUT2D eigenvalue weighted by Crippen LogP contribution is -2.38. The molecule has 116 valence electrons. The molecule has 1 aromatic heterocycles. The summed E-state index contributed by atoms with van der Waals surface area (Å²) in [5.41, 5.74) is -0.358. The highest BCUT2D eigenvalue weighted by Crippen LogP contribution is 2.30. The predicted octanol–water partition coefficient (Wildman–Crippen LogP) is 2.63. The Balaban J connectivity index is 1.92. The number of hydrogen-bond acceptors (Lipinski definition) is 3. The van der Waals surface area contributed by atoms with Gasteiger partial charge in [0.25, 0.3) is 5.91 Å². The number of alkyl halides is 1. The smallest absolute Gasteiger partial charge is 0.343 e. The number of furan rings is 1. The van der Waals surface area contributed by atoms with Crippen molar-refractivity contribution >= 4 is 22.8 Å². The summed E-state index contributed by atoms with van der Waals surface area (Å²) >= 11 is 0. The number of halogens is 1. The highest BCUT2D eigenvalue weighted by atomic mass is 19.1. The van der Waals surface area contributed by atoms with Crippen LogP contribution in [0.1, 0.15) is 29.3 Å². The third kappa shape index (κ3) is 2.24. The molecule has 2 heterocycles. The van der Waals surface area contributed by atoms with Crippen LogP contribution in [0.3, 0.4) is 0 Å². The first-order chi connectivity index (χ1) is 10.4. The topological polar surface area (TPSA) is 70.8 Å². The van der Waals surface area contributed by atoms with Crippen LogP contribution in [0, 0.1) is 0 Å². The van der Waals surface area contributed by atoms with E-state index in [4.69, 9.17) is 9.52 Å². The van der Waals surface area contributed by atoms with Crippen molar-refractivity contribution in [3.8, 4) is 0 Å². The zero-order valence-electron chi connectivity index (χ0n) is 12.1. The van der Waals surface area contributed by atoms with Crippen molar-refractivity contribution in [2.75, 3.05) is 13.1 Å². The van der Waals surface area contributed by atoms with E-state index in [1.807, 2.05) is 19.1 Å². The van der Waals surface area contributed by atoms with Gasteiger partial charge in [-0.3, -0.25) is 4.79 Å². The molecule has 0 radical (unpaired) electrons. The summed E-state index contributed by atoms with van der Waals surface area (Å²) in [4.78, 5) is 24.7. The second-order valence-corrected chi connectivity index (χ2v) is 5.58. The molecule has 1 unspecified atom stereocenters. The van der Waals surface area contributed by atoms with Crippen LogP contribution < -0.4 is 0 Å². The number of carbonyl (C=O) groups excluding carboxylic acids is 1. The van der Waals surface area contributed by atoms with Crippen LogP contribution in [-0.4, -0.2) is 40.6 Å². The Bertz CT molecular complexity index is 754. The number of hydrogen-bond donors (Lipinski definition) is 1. The molecule has 1 atom stereocenters. The summed E-state index contributed by atoms with van der Waals surface area (Å²) in [6, 6.07) is 5.60. The first kappa shape index (κ1) is 14.6. The maximum Gasteiger partial charge on any atom is 0.343 e. The number of aryl methyl sites for hydroxylation is 1. The zero-order valence-corrected chi connectivity index (χ0v) is 12.1. The van der Waals surface area contributed by atoms with Gasteiger partial charge in [0.2, 0.25) is 5.67 Å². The molecule has 1 aliphatic heterocycles. The van der Waals surface area contributed by atoms with E-state index < -0.39 is 24.1 Å². The predicted molar refractivity (Wildman–Crippen MR) is 77.6 cm³/mol. The van der Waals surface area contributed by atoms with E-state index in [-0.39, 0.29) is 13.0 Å². The van der Waals surface area contributed by atoms with Crippen molar-refractivity contribution in [2.24, 2.45) is 0 Å². The van der Waals surface area contributed by atoms with Crippen molar-refractivity contribution in [3.05, 3.63) is 35.6 Å². The van der Waals surface area contributed by atoms with Gasteiger partial charge < -0.3 is 14.4 Å². The normalized spacial score (nSPS) is 21.5. The van der Waals surface area contributed by atoms with Crippen molar-refractivity contribution in [1.82, 2.24) is 4.90 Å². The van der Waals surface area contributed by atoms with Gasteiger partial charge in [-0.1, -0.05) is 13.0 Å². The molecule has 1 saturated heterocycles. The minimum Gasteiger partial charge on any atom is -0.479 e. The summed E-state index contributed by atoms with van der Waals surface area (Å²) < 4.78 is 19.5. The fraction of sp³-hybridized carbons (Fsp3) is 0.375. The summed E-state index contributed by atoms with van der Waals surface area (Å²) in [7, 11) is 0. The van der Waals surface area contributed by atoms with Gasteiger partial charge in [0.15, 0.2) is 0 Å². The van der Waals surface area contributed by atoms with Crippen LogP contribution in [0.15, 0.2) is 28.9 Å². The van der Waals surface area contributed by atoms with Crippen molar-refractivity contribution in [3.63, 3.8) is 0 Å². The van der Waals surface area contributed by atoms with E-state index in [0.29, 0.717) is 16.5 Å². The number of likely N-dealkylation sites (tertiary alicyclic amines) is 1. The summed E-state index contributed by atoms with van der Waals surface area (Å²) in [5.74, 6) is -1.92. The molecule has 1 amide bonds. The number of carboxylic acid groups (broad SMARTS) is 1. The van der Waals surface area contributed by atoms with E-state index in [1.54, 1.807) is 6.07 Å². The highest BCUT2D eigenvalue weighted by Gasteiger charge is 2.47. The van der Waals surface area contributed by atoms with Gasteiger partial charge >= 0.3 is 5.97 Å². The largest absolute Gasteiger partial charge is 0.479 e. The molecule has 5 nitrogen and oxygen atoms in total. The van der Waals surface area contributed by atoms with Gasteiger partial charge in [-0.05, 0) is 24.1 Å². The fourth-order valence-corrected chi connectivity index (χ4v) is 2.75. The standard InChI is InChI=1S/C16H16FNO4/c1-2-10-3-4-13-11(7-10)12(8-22-13)14(19)18-6-5-16(17,9-18)15(20)21/h3-4,7-8H,2,5-6,9H2,1H3,(H,20,21). The van der Waals surface area contributed by atoms with Crippen LogP contribution in [0.5, 0.6) is 0 Å². The lowest BCUT2D eigenvalue weighted by molar-refractivity contribution is -0.149. The average Bonchev–Trinajstić information content (AvgIpc) is 3.10. The molecule has 1 aromatic carbocycles. The Morgan fingerprint density at radius 1 is 1.45 bits per heavy atom. The van der Waals surface area contributed by atoms with Crippen LogP contribution >= 0.6 is 0 Å². The lowest BCUT2D eigenvalue weighted by Gasteiger charge is -2.17. The van der Waals surface area contributed by atoms with Crippen LogP contribution in [0.25, 0.3) is 11.0 Å². The molecule has 22 heavy (non-hydrogen) atoms. The average molecular weight is 305 g/mol. The molecule has 3 rings (SSSR count). The number of benzene rings is 1. The lowest BCUT2D eigenvalue weighted by atomic mass is 10.1. The van der Waals surface area contributed by atoms with Gasteiger partial charge in [0, 0.05) is 18.4 Å². The van der Waals surface area contributed by atoms with Gasteiger partial charge in [-0.15, -0.1) is 0 Å². The second-order valence-electron chi connectivity index (χ2n) is 5.58. The number of aliphatic carboxylic acids is 1. The van der Waals surface area contributed by atoms with Crippen LogP contribution in [0.4, 0.5) is 4.39 Å². The molecule has 1 fully saturated rings. The molecule has 0 spiro atoms. The van der Waals surface area contributed by atoms with Crippen LogP contribution in [-0.2, 0) is 11.2 Å². The third-order valence-corrected chi connectivity index (χ3v) is 4.17. The monoisotopic (exact) mass is 305 g/mol. The van der Waals surface area contributed by atoms with E-state index in [2.05, 4.69) is 0 Å². The third-order valence-electron chi connectivity index (χ3n) is 4.17. The molecule has 0 saturated carbocycles. The number of carboxylic acids is 1. The fourth-order valence-electron chi connectivity index (χ4n) is 2.75. The molecule has 1 N–H and O–H groups in total. The molecule has 0 bridgehead atoms. The maximum absolute atomic E-state index is 14.1. The molecular weight excluding hydrogens is 289 g/mol. The number of carbonyl (C=O) groups is 2. The van der Waals surface area contributed by atoms with E-state index >= 15 is 0 Å². The van der Waals surface area contributed by atoms with E-state index in [1.165, 1.54) is 11.2 Å². The minimum atomic E-state index is -2.36. The van der Waals surface area contributed by atoms with Crippen molar-refractivity contribution < 1.29 is 23.5 Å².